The van der Waals surface area contributed by atoms with E-state index in [1.54, 1.807) is 0 Å². The predicted octanol–water partition coefficient (Wildman–Crippen LogP) is 19.9. The molecule has 0 fully saturated rings. The molecule has 0 amide bonds. The molecule has 0 rings (SSSR count). The van der Waals surface area contributed by atoms with Crippen molar-refractivity contribution in [2.45, 2.75) is 343 Å². The Bertz CT molecular complexity index is 1040. The molecule has 1 atom stereocenters. The number of carbonyl (C=O) groups excluding carboxylic acids is 3. The Morgan fingerprint density at radius 3 is 0.642 bits per heavy atom. The number of esters is 3. The monoisotopic (exact) mass is 947 g/mol. The minimum Gasteiger partial charge on any atom is -0.462 e. The van der Waals surface area contributed by atoms with Crippen LogP contribution in [-0.4, -0.2) is 37.2 Å². The molecule has 0 aromatic rings. The van der Waals surface area contributed by atoms with E-state index in [0.29, 0.717) is 19.3 Å². The summed E-state index contributed by atoms with van der Waals surface area (Å²) < 4.78 is 16.9. The average Bonchev–Trinajstić information content (AvgIpc) is 3.29. The van der Waals surface area contributed by atoms with Gasteiger partial charge in [0.15, 0.2) is 6.10 Å². The van der Waals surface area contributed by atoms with Gasteiger partial charge in [-0.3, -0.25) is 14.4 Å². The van der Waals surface area contributed by atoms with Crippen LogP contribution in [0.3, 0.4) is 0 Å². The summed E-state index contributed by atoms with van der Waals surface area (Å²) in [5.41, 5.74) is 0. The fraction of sp³-hybridized carbons (Fsp3) is 0.951. The van der Waals surface area contributed by atoms with Crippen molar-refractivity contribution in [3.05, 3.63) is 0 Å². The van der Waals surface area contributed by atoms with E-state index in [4.69, 9.17) is 14.2 Å². The molecule has 0 bridgehead atoms. The van der Waals surface area contributed by atoms with Gasteiger partial charge in [-0.25, -0.2) is 0 Å². The Labute approximate surface area is 418 Å². The van der Waals surface area contributed by atoms with Crippen LogP contribution in [0, 0.1) is 17.8 Å². The van der Waals surface area contributed by atoms with Gasteiger partial charge in [-0.1, -0.05) is 298 Å². The van der Waals surface area contributed by atoms with Crippen LogP contribution in [0.1, 0.15) is 337 Å². The smallest absolute Gasteiger partial charge is 0.306 e. The van der Waals surface area contributed by atoms with Gasteiger partial charge in [-0.15, -0.1) is 0 Å². The minimum atomic E-state index is -0.764. The van der Waals surface area contributed by atoms with Gasteiger partial charge in [0.05, 0.1) is 0 Å². The van der Waals surface area contributed by atoms with E-state index in [9.17, 15) is 14.4 Å². The molecule has 0 spiro atoms. The molecule has 0 unspecified atom stereocenters. The second kappa shape index (κ2) is 52.2. The minimum absolute atomic E-state index is 0.0633. The molecule has 67 heavy (non-hydrogen) atoms. The molecule has 0 aliphatic rings. The topological polar surface area (TPSA) is 78.9 Å². The summed E-state index contributed by atoms with van der Waals surface area (Å²) in [7, 11) is 0. The molecule has 0 aromatic heterocycles. The molecule has 0 aliphatic heterocycles. The summed E-state index contributed by atoms with van der Waals surface area (Å²) in [6.07, 6.45) is 55.3. The average molecular weight is 948 g/mol. The second-order valence-corrected chi connectivity index (χ2v) is 22.4. The van der Waals surface area contributed by atoms with E-state index in [0.717, 1.165) is 75.5 Å². The highest BCUT2D eigenvalue weighted by Crippen LogP contribution is 2.19. The number of hydrogen-bond donors (Lipinski definition) is 0. The molecular weight excluding hydrogens is 829 g/mol. The normalized spacial score (nSPS) is 12.1. The number of rotatable bonds is 54. The SMILES string of the molecule is CC(C)CCCCCCCCCCCCCCCCCCCCC(=O)OC[C@H](COC(=O)CCCCCCCCCCCCCC(C)C)OC(=O)CCCCCCCCCCCCCC(C)C. The molecule has 0 aromatic carbocycles. The van der Waals surface area contributed by atoms with Gasteiger partial charge in [0.2, 0.25) is 0 Å². The first kappa shape index (κ1) is 65.4. The van der Waals surface area contributed by atoms with Crippen LogP contribution < -0.4 is 0 Å². The van der Waals surface area contributed by atoms with Crippen molar-refractivity contribution in [3.8, 4) is 0 Å². The third-order valence-electron chi connectivity index (χ3n) is 13.9. The Kier molecular flexibility index (Phi) is 51.0. The lowest BCUT2D eigenvalue weighted by atomic mass is 10.0. The number of ether oxygens (including phenoxy) is 3. The first-order chi connectivity index (χ1) is 32.6. The summed E-state index contributed by atoms with van der Waals surface area (Å²) in [5, 5.41) is 0. The predicted molar refractivity (Wildman–Crippen MR) is 289 cm³/mol. The molecular formula is C61H118O6. The lowest BCUT2D eigenvalue weighted by Crippen LogP contribution is -2.30. The molecule has 0 N–H and O–H groups in total. The maximum absolute atomic E-state index is 12.9. The van der Waals surface area contributed by atoms with Crippen molar-refractivity contribution in [2.24, 2.45) is 17.8 Å². The number of carbonyl (C=O) groups is 3. The zero-order chi connectivity index (χ0) is 49.1. The Morgan fingerprint density at radius 1 is 0.254 bits per heavy atom. The van der Waals surface area contributed by atoms with Crippen LogP contribution in [0.25, 0.3) is 0 Å². The molecule has 0 heterocycles. The lowest BCUT2D eigenvalue weighted by molar-refractivity contribution is -0.167. The first-order valence-electron chi connectivity index (χ1n) is 30.1. The summed E-state index contributed by atoms with van der Waals surface area (Å²) >= 11 is 0. The van der Waals surface area contributed by atoms with E-state index < -0.39 is 6.10 Å². The fourth-order valence-corrected chi connectivity index (χ4v) is 9.35. The van der Waals surface area contributed by atoms with E-state index in [1.165, 1.54) is 218 Å². The van der Waals surface area contributed by atoms with Gasteiger partial charge in [-0.2, -0.15) is 0 Å². The number of unbranched alkanes of at least 4 members (excludes halogenated alkanes) is 37. The fourth-order valence-electron chi connectivity index (χ4n) is 9.35. The van der Waals surface area contributed by atoms with Crippen LogP contribution in [0.2, 0.25) is 0 Å². The molecule has 398 valence electrons. The third kappa shape index (κ3) is 55.2. The van der Waals surface area contributed by atoms with Crippen molar-refractivity contribution in [3.63, 3.8) is 0 Å². The molecule has 0 saturated heterocycles. The van der Waals surface area contributed by atoms with Crippen molar-refractivity contribution in [2.75, 3.05) is 13.2 Å². The van der Waals surface area contributed by atoms with Gasteiger partial charge in [0.25, 0.3) is 0 Å². The number of hydrogen-bond acceptors (Lipinski definition) is 6. The molecule has 0 aliphatic carbocycles. The van der Waals surface area contributed by atoms with Crippen LogP contribution in [0.5, 0.6) is 0 Å². The van der Waals surface area contributed by atoms with Gasteiger partial charge in [0.1, 0.15) is 13.2 Å². The molecule has 6 heteroatoms. The zero-order valence-electron chi connectivity index (χ0n) is 46.2. The molecule has 6 nitrogen and oxygen atoms in total. The highest BCUT2D eigenvalue weighted by Gasteiger charge is 2.19. The third-order valence-corrected chi connectivity index (χ3v) is 13.9. The Balaban J connectivity index is 4.25. The summed E-state index contributed by atoms with van der Waals surface area (Å²) in [6, 6.07) is 0. The summed E-state index contributed by atoms with van der Waals surface area (Å²) in [4.78, 5) is 38.2. The zero-order valence-corrected chi connectivity index (χ0v) is 46.2. The standard InChI is InChI=1S/C61H118O6/c1-55(2)47-41-35-29-23-17-13-11-9-7-8-10-12-14-20-26-32-38-44-50-59(62)65-53-58(67-61(64)52-46-40-34-28-22-16-19-25-31-37-43-49-57(5)6)54-66-60(63)51-45-39-33-27-21-15-18-24-30-36-42-48-56(3)4/h55-58H,7-54H2,1-6H3/t58-/m1/s1. The lowest BCUT2D eigenvalue weighted by Gasteiger charge is -2.18. The Hall–Kier alpha value is -1.59. The van der Waals surface area contributed by atoms with Crippen molar-refractivity contribution >= 4 is 17.9 Å². The van der Waals surface area contributed by atoms with Gasteiger partial charge < -0.3 is 14.2 Å². The van der Waals surface area contributed by atoms with E-state index in [1.807, 2.05) is 0 Å². The highest BCUT2D eigenvalue weighted by atomic mass is 16.6. The maximum Gasteiger partial charge on any atom is 0.306 e. The van der Waals surface area contributed by atoms with Gasteiger partial charge in [0, 0.05) is 19.3 Å². The summed E-state index contributed by atoms with van der Waals surface area (Å²) in [5.74, 6) is 1.67. The first-order valence-corrected chi connectivity index (χ1v) is 30.1. The molecule has 0 saturated carbocycles. The van der Waals surface area contributed by atoms with Gasteiger partial charge in [-0.05, 0) is 37.0 Å². The van der Waals surface area contributed by atoms with E-state index >= 15 is 0 Å². The quantitative estimate of drug-likeness (QED) is 0.0343. The van der Waals surface area contributed by atoms with E-state index in [2.05, 4.69) is 41.5 Å². The van der Waals surface area contributed by atoms with Crippen LogP contribution in [0.15, 0.2) is 0 Å². The van der Waals surface area contributed by atoms with Crippen molar-refractivity contribution < 1.29 is 28.6 Å². The van der Waals surface area contributed by atoms with Crippen LogP contribution in [0.4, 0.5) is 0 Å². The van der Waals surface area contributed by atoms with Crippen molar-refractivity contribution in [1.29, 1.82) is 0 Å². The van der Waals surface area contributed by atoms with Gasteiger partial charge >= 0.3 is 17.9 Å². The van der Waals surface area contributed by atoms with Crippen molar-refractivity contribution in [1.82, 2.24) is 0 Å². The second-order valence-electron chi connectivity index (χ2n) is 22.4. The van der Waals surface area contributed by atoms with Crippen LogP contribution in [-0.2, 0) is 28.6 Å². The van der Waals surface area contributed by atoms with Crippen LogP contribution >= 0.6 is 0 Å². The highest BCUT2D eigenvalue weighted by molar-refractivity contribution is 5.71. The van der Waals surface area contributed by atoms with E-state index in [-0.39, 0.29) is 31.1 Å². The maximum atomic E-state index is 12.9. The largest absolute Gasteiger partial charge is 0.462 e. The summed E-state index contributed by atoms with van der Waals surface area (Å²) in [6.45, 7) is 13.8. The molecule has 0 radical (unpaired) electrons. The Morgan fingerprint density at radius 2 is 0.433 bits per heavy atom.